The highest BCUT2D eigenvalue weighted by atomic mass is 35.5. The minimum absolute atomic E-state index is 0.0278. The summed E-state index contributed by atoms with van der Waals surface area (Å²) in [6.45, 7) is 3.08. The second-order valence-electron chi connectivity index (χ2n) is 4.40. The highest BCUT2D eigenvalue weighted by Crippen LogP contribution is 2.18. The van der Waals surface area contributed by atoms with Gasteiger partial charge in [-0.15, -0.1) is 0 Å². The van der Waals surface area contributed by atoms with Crippen LogP contribution in [0.15, 0.2) is 24.3 Å². The monoisotopic (exact) mass is 239 g/mol. The molecule has 16 heavy (non-hydrogen) atoms. The van der Waals surface area contributed by atoms with Crippen molar-refractivity contribution in [3.63, 3.8) is 0 Å². The van der Waals surface area contributed by atoms with Gasteiger partial charge in [0.1, 0.15) is 0 Å². The minimum atomic E-state index is 0.0278. The molecule has 0 saturated carbocycles. The van der Waals surface area contributed by atoms with E-state index in [0.29, 0.717) is 6.04 Å². The fourth-order valence-corrected chi connectivity index (χ4v) is 2.22. The van der Waals surface area contributed by atoms with Gasteiger partial charge in [-0.2, -0.15) is 0 Å². The van der Waals surface area contributed by atoms with Crippen LogP contribution < -0.4 is 11.1 Å². The van der Waals surface area contributed by atoms with Crippen molar-refractivity contribution in [3.8, 4) is 0 Å². The van der Waals surface area contributed by atoms with Crippen molar-refractivity contribution in [1.29, 1.82) is 0 Å². The molecule has 4 heteroatoms. The summed E-state index contributed by atoms with van der Waals surface area (Å²) in [6, 6.07) is 8.14. The number of rotatable bonds is 2. The number of piperazine rings is 1. The molecule has 0 bridgehead atoms. The maximum Gasteiger partial charge on any atom is 0.0463 e. The maximum atomic E-state index is 6.25. The molecular weight excluding hydrogens is 222 g/mol. The van der Waals surface area contributed by atoms with Crippen LogP contribution in [0.2, 0.25) is 5.02 Å². The van der Waals surface area contributed by atoms with Gasteiger partial charge in [0.2, 0.25) is 0 Å². The molecule has 1 fully saturated rings. The van der Waals surface area contributed by atoms with E-state index >= 15 is 0 Å². The van der Waals surface area contributed by atoms with Crippen LogP contribution >= 0.6 is 11.6 Å². The number of likely N-dealkylation sites (N-methyl/N-ethyl adjacent to an activating group) is 1. The SMILES string of the molecule is CN1CCNC(C(N)c2ccc(Cl)cc2)C1. The van der Waals surface area contributed by atoms with Gasteiger partial charge in [-0.25, -0.2) is 0 Å². The van der Waals surface area contributed by atoms with Gasteiger partial charge in [-0.3, -0.25) is 0 Å². The number of halogens is 1. The van der Waals surface area contributed by atoms with E-state index in [1.165, 1.54) is 0 Å². The quantitative estimate of drug-likeness (QED) is 0.816. The van der Waals surface area contributed by atoms with Crippen LogP contribution in [-0.2, 0) is 0 Å². The van der Waals surface area contributed by atoms with Gasteiger partial charge in [-0.1, -0.05) is 23.7 Å². The summed E-state index contributed by atoms with van der Waals surface area (Å²) in [5.74, 6) is 0. The predicted molar refractivity (Wildman–Crippen MR) is 67.7 cm³/mol. The Hall–Kier alpha value is -0.610. The Morgan fingerprint density at radius 1 is 1.44 bits per heavy atom. The van der Waals surface area contributed by atoms with Crippen molar-refractivity contribution in [2.75, 3.05) is 26.7 Å². The van der Waals surface area contributed by atoms with E-state index in [9.17, 15) is 0 Å². The second-order valence-corrected chi connectivity index (χ2v) is 4.84. The topological polar surface area (TPSA) is 41.3 Å². The molecule has 1 aliphatic rings. The summed E-state index contributed by atoms with van der Waals surface area (Å²) in [6.07, 6.45) is 0. The van der Waals surface area contributed by atoms with Gasteiger partial charge < -0.3 is 16.0 Å². The summed E-state index contributed by atoms with van der Waals surface area (Å²) in [5, 5.41) is 4.22. The van der Waals surface area contributed by atoms with Crippen LogP contribution in [0.5, 0.6) is 0 Å². The van der Waals surface area contributed by atoms with E-state index in [1.807, 2.05) is 24.3 Å². The molecule has 2 rings (SSSR count). The first-order chi connectivity index (χ1) is 7.66. The van der Waals surface area contributed by atoms with E-state index in [-0.39, 0.29) is 6.04 Å². The lowest BCUT2D eigenvalue weighted by Crippen LogP contribution is -2.53. The Balaban J connectivity index is 2.06. The van der Waals surface area contributed by atoms with E-state index in [2.05, 4.69) is 17.3 Å². The van der Waals surface area contributed by atoms with Gasteiger partial charge in [-0.05, 0) is 24.7 Å². The third-order valence-electron chi connectivity index (χ3n) is 3.10. The van der Waals surface area contributed by atoms with Crippen LogP contribution in [-0.4, -0.2) is 37.6 Å². The average molecular weight is 240 g/mol. The summed E-state index contributed by atoms with van der Waals surface area (Å²) >= 11 is 5.86. The molecule has 3 nitrogen and oxygen atoms in total. The molecule has 1 aliphatic heterocycles. The molecular formula is C12H18ClN3. The van der Waals surface area contributed by atoms with Crippen LogP contribution in [0.4, 0.5) is 0 Å². The average Bonchev–Trinajstić information content (AvgIpc) is 2.29. The lowest BCUT2D eigenvalue weighted by molar-refractivity contribution is 0.220. The largest absolute Gasteiger partial charge is 0.323 e. The number of benzene rings is 1. The predicted octanol–water partition coefficient (Wildman–Crippen LogP) is 1.24. The highest BCUT2D eigenvalue weighted by Gasteiger charge is 2.23. The third-order valence-corrected chi connectivity index (χ3v) is 3.35. The number of nitrogens with zero attached hydrogens (tertiary/aromatic N) is 1. The zero-order chi connectivity index (χ0) is 11.5. The molecule has 0 aliphatic carbocycles. The first kappa shape index (κ1) is 11.9. The van der Waals surface area contributed by atoms with E-state index < -0.39 is 0 Å². The first-order valence-corrected chi connectivity index (χ1v) is 5.97. The lowest BCUT2D eigenvalue weighted by Gasteiger charge is -2.34. The second kappa shape index (κ2) is 5.15. The maximum absolute atomic E-state index is 6.25. The molecule has 1 saturated heterocycles. The molecule has 2 unspecified atom stereocenters. The van der Waals surface area contributed by atoms with Gasteiger partial charge in [0, 0.05) is 36.7 Å². The molecule has 1 heterocycles. The Morgan fingerprint density at radius 3 is 2.75 bits per heavy atom. The van der Waals surface area contributed by atoms with Crippen LogP contribution in [0, 0.1) is 0 Å². The summed E-state index contributed by atoms with van der Waals surface area (Å²) in [4.78, 5) is 2.30. The van der Waals surface area contributed by atoms with Crippen molar-refractivity contribution in [1.82, 2.24) is 10.2 Å². The normalized spacial score (nSPS) is 24.3. The van der Waals surface area contributed by atoms with Gasteiger partial charge >= 0.3 is 0 Å². The molecule has 1 aromatic rings. The van der Waals surface area contributed by atoms with Crippen LogP contribution in [0.3, 0.4) is 0 Å². The standard InChI is InChI=1S/C12H18ClN3/c1-16-7-6-15-11(8-16)12(14)9-2-4-10(13)5-3-9/h2-5,11-12,15H,6-8,14H2,1H3. The van der Waals surface area contributed by atoms with Crippen molar-refractivity contribution in [2.45, 2.75) is 12.1 Å². The highest BCUT2D eigenvalue weighted by molar-refractivity contribution is 6.30. The van der Waals surface area contributed by atoms with Crippen molar-refractivity contribution in [3.05, 3.63) is 34.9 Å². The van der Waals surface area contributed by atoms with Gasteiger partial charge in [0.15, 0.2) is 0 Å². The molecule has 2 atom stereocenters. The van der Waals surface area contributed by atoms with Crippen LogP contribution in [0.1, 0.15) is 11.6 Å². The van der Waals surface area contributed by atoms with Gasteiger partial charge in [0.05, 0.1) is 0 Å². The molecule has 88 valence electrons. The summed E-state index contributed by atoms with van der Waals surface area (Å²) in [7, 11) is 2.13. The number of hydrogen-bond donors (Lipinski definition) is 2. The van der Waals surface area contributed by atoms with Crippen molar-refractivity contribution < 1.29 is 0 Å². The molecule has 1 aromatic carbocycles. The number of nitrogens with one attached hydrogen (secondary N) is 1. The Morgan fingerprint density at radius 2 is 2.12 bits per heavy atom. The molecule has 0 spiro atoms. The number of hydrogen-bond acceptors (Lipinski definition) is 3. The Labute approximate surface area is 102 Å². The van der Waals surface area contributed by atoms with Gasteiger partial charge in [0.25, 0.3) is 0 Å². The Bertz CT molecular complexity index is 339. The van der Waals surface area contributed by atoms with Crippen molar-refractivity contribution in [2.24, 2.45) is 5.73 Å². The fourth-order valence-electron chi connectivity index (χ4n) is 2.09. The molecule has 0 aromatic heterocycles. The van der Waals surface area contributed by atoms with E-state index in [1.54, 1.807) is 0 Å². The molecule has 0 radical (unpaired) electrons. The number of nitrogens with two attached hydrogens (primary N) is 1. The van der Waals surface area contributed by atoms with Crippen LogP contribution in [0.25, 0.3) is 0 Å². The smallest absolute Gasteiger partial charge is 0.0463 e. The Kier molecular flexibility index (Phi) is 3.82. The summed E-state index contributed by atoms with van der Waals surface area (Å²) < 4.78 is 0. The first-order valence-electron chi connectivity index (χ1n) is 5.60. The lowest BCUT2D eigenvalue weighted by atomic mass is 9.98. The molecule has 3 N–H and O–H groups in total. The molecule has 0 amide bonds. The summed E-state index contributed by atoms with van der Waals surface area (Å²) in [5.41, 5.74) is 7.39. The zero-order valence-electron chi connectivity index (χ0n) is 9.49. The zero-order valence-corrected chi connectivity index (χ0v) is 10.2. The van der Waals surface area contributed by atoms with Crippen molar-refractivity contribution >= 4 is 11.6 Å². The third kappa shape index (κ3) is 2.74. The van der Waals surface area contributed by atoms with E-state index in [4.69, 9.17) is 17.3 Å². The fraction of sp³-hybridized carbons (Fsp3) is 0.500. The minimum Gasteiger partial charge on any atom is -0.323 e. The van der Waals surface area contributed by atoms with E-state index in [0.717, 1.165) is 30.2 Å².